The molecule has 0 saturated carbocycles. The molecular formula is C14H17N3O3. The van der Waals surface area contributed by atoms with Crippen molar-refractivity contribution in [3.05, 3.63) is 24.7 Å². The Hall–Kier alpha value is -2.37. The second-order valence-electron chi connectivity index (χ2n) is 4.36. The lowest BCUT2D eigenvalue weighted by molar-refractivity contribution is -0.118. The summed E-state index contributed by atoms with van der Waals surface area (Å²) in [6, 6.07) is 3.66. The lowest BCUT2D eigenvalue weighted by Crippen LogP contribution is -2.10. The number of amides is 1. The average molecular weight is 275 g/mol. The largest absolute Gasteiger partial charge is 0.493 e. The van der Waals surface area contributed by atoms with E-state index in [0.29, 0.717) is 30.9 Å². The number of hydrogen-bond donors (Lipinski definition) is 1. The number of methoxy groups -OCH3 is 1. The first-order valence-corrected chi connectivity index (χ1v) is 6.39. The van der Waals surface area contributed by atoms with Crippen LogP contribution < -0.4 is 15.2 Å². The number of nitrogens with two attached hydrogens (primary N) is 1. The molecule has 0 aliphatic carbocycles. The summed E-state index contributed by atoms with van der Waals surface area (Å²) in [5.41, 5.74) is 5.88. The van der Waals surface area contributed by atoms with Crippen LogP contribution in [0, 0.1) is 0 Å². The lowest BCUT2D eigenvalue weighted by atomic mass is 10.2. The van der Waals surface area contributed by atoms with Gasteiger partial charge in [0.1, 0.15) is 6.33 Å². The molecule has 6 heteroatoms. The lowest BCUT2D eigenvalue weighted by Gasteiger charge is -2.11. The first kappa shape index (κ1) is 14.0. The predicted molar refractivity (Wildman–Crippen MR) is 74.6 cm³/mol. The third-order valence-electron chi connectivity index (χ3n) is 2.87. The van der Waals surface area contributed by atoms with Crippen molar-refractivity contribution in [3.63, 3.8) is 0 Å². The normalized spacial score (nSPS) is 10.4. The van der Waals surface area contributed by atoms with Gasteiger partial charge in [-0.1, -0.05) is 0 Å². The van der Waals surface area contributed by atoms with E-state index < -0.39 is 0 Å². The fraction of sp³-hybridized carbons (Fsp3) is 0.357. The van der Waals surface area contributed by atoms with Gasteiger partial charge >= 0.3 is 0 Å². The molecule has 0 saturated heterocycles. The molecule has 106 valence electrons. The minimum atomic E-state index is -0.287. The highest BCUT2D eigenvalue weighted by Gasteiger charge is 2.07. The quantitative estimate of drug-likeness (QED) is 0.777. The third kappa shape index (κ3) is 3.57. The Labute approximate surface area is 116 Å². The van der Waals surface area contributed by atoms with Crippen molar-refractivity contribution in [3.8, 4) is 11.5 Å². The highest BCUT2D eigenvalue weighted by molar-refractivity contribution is 5.81. The highest BCUT2D eigenvalue weighted by atomic mass is 16.5. The number of hydrogen-bond acceptors (Lipinski definition) is 5. The molecule has 1 amide bonds. The summed E-state index contributed by atoms with van der Waals surface area (Å²) in [7, 11) is 1.59. The van der Waals surface area contributed by atoms with Crippen LogP contribution in [0.15, 0.2) is 24.7 Å². The molecule has 0 fully saturated rings. The smallest absolute Gasteiger partial charge is 0.217 e. The number of carbonyl (C=O) groups is 1. The topological polar surface area (TPSA) is 87.3 Å². The first-order valence-electron chi connectivity index (χ1n) is 6.39. The van der Waals surface area contributed by atoms with Gasteiger partial charge in [0.2, 0.25) is 5.91 Å². The maximum absolute atomic E-state index is 10.6. The number of nitrogens with zero attached hydrogens (tertiary/aromatic N) is 2. The minimum Gasteiger partial charge on any atom is -0.493 e. The molecule has 0 atom stereocenters. The molecule has 2 N–H and O–H groups in total. The van der Waals surface area contributed by atoms with Crippen LogP contribution in [-0.2, 0) is 4.79 Å². The van der Waals surface area contributed by atoms with Crippen molar-refractivity contribution in [2.45, 2.75) is 19.3 Å². The molecular weight excluding hydrogens is 258 g/mol. The molecule has 0 unspecified atom stereocenters. The maximum Gasteiger partial charge on any atom is 0.217 e. The van der Waals surface area contributed by atoms with Gasteiger partial charge in [0.05, 0.1) is 19.2 Å². The molecule has 0 aliphatic rings. The molecule has 0 radical (unpaired) electrons. The zero-order valence-electron chi connectivity index (χ0n) is 11.3. The number of rotatable bonds is 7. The minimum absolute atomic E-state index is 0.287. The number of ether oxygens (including phenoxy) is 2. The van der Waals surface area contributed by atoms with Gasteiger partial charge < -0.3 is 15.2 Å². The first-order chi connectivity index (χ1) is 9.70. The van der Waals surface area contributed by atoms with Crippen molar-refractivity contribution in [2.24, 2.45) is 5.73 Å². The van der Waals surface area contributed by atoms with Gasteiger partial charge in [0.25, 0.3) is 0 Å². The van der Waals surface area contributed by atoms with E-state index in [1.165, 1.54) is 6.33 Å². The van der Waals surface area contributed by atoms with E-state index in [1.54, 1.807) is 13.3 Å². The van der Waals surface area contributed by atoms with Crippen LogP contribution in [0.4, 0.5) is 0 Å². The molecule has 0 aliphatic heterocycles. The van der Waals surface area contributed by atoms with Gasteiger partial charge in [0.15, 0.2) is 11.5 Å². The van der Waals surface area contributed by atoms with Gasteiger partial charge in [-0.25, -0.2) is 9.97 Å². The molecule has 6 nitrogen and oxygen atoms in total. The van der Waals surface area contributed by atoms with Gasteiger partial charge in [-0.3, -0.25) is 4.79 Å². The Bertz CT molecular complexity index is 601. The van der Waals surface area contributed by atoms with E-state index >= 15 is 0 Å². The van der Waals surface area contributed by atoms with Crippen molar-refractivity contribution in [1.29, 1.82) is 0 Å². The second kappa shape index (κ2) is 6.70. The Morgan fingerprint density at radius 3 is 2.90 bits per heavy atom. The summed E-state index contributed by atoms with van der Waals surface area (Å²) in [6.45, 7) is 0.500. The molecule has 0 spiro atoms. The van der Waals surface area contributed by atoms with E-state index in [-0.39, 0.29) is 5.91 Å². The summed E-state index contributed by atoms with van der Waals surface area (Å²) in [5.74, 6) is 0.991. The van der Waals surface area contributed by atoms with Crippen LogP contribution in [0.1, 0.15) is 19.3 Å². The number of aromatic nitrogens is 2. The van der Waals surface area contributed by atoms with Crippen LogP contribution >= 0.6 is 0 Å². The molecule has 1 heterocycles. The summed E-state index contributed by atoms with van der Waals surface area (Å²) in [6.07, 6.45) is 5.07. The summed E-state index contributed by atoms with van der Waals surface area (Å²) in [5, 5.41) is 0.894. The zero-order valence-corrected chi connectivity index (χ0v) is 11.3. The number of benzene rings is 1. The van der Waals surface area contributed by atoms with Gasteiger partial charge in [-0.2, -0.15) is 0 Å². The standard InChI is InChI=1S/C14H17N3O3/c1-19-12-6-10-8-16-9-17-11(10)7-13(12)20-5-3-2-4-14(15)18/h6-9H,2-5H2,1H3,(H2,15,18). The van der Waals surface area contributed by atoms with Gasteiger partial charge in [-0.15, -0.1) is 0 Å². The van der Waals surface area contributed by atoms with Gasteiger partial charge in [0, 0.05) is 24.1 Å². The molecule has 2 aromatic rings. The monoisotopic (exact) mass is 275 g/mol. The zero-order chi connectivity index (χ0) is 14.4. The van der Waals surface area contributed by atoms with Crippen LogP contribution in [0.5, 0.6) is 11.5 Å². The number of carbonyl (C=O) groups excluding carboxylic acids is 1. The maximum atomic E-state index is 10.6. The van der Waals surface area contributed by atoms with E-state index in [9.17, 15) is 4.79 Å². The Balaban J connectivity index is 2.02. The Morgan fingerprint density at radius 2 is 2.15 bits per heavy atom. The van der Waals surface area contributed by atoms with E-state index in [2.05, 4.69) is 9.97 Å². The summed E-state index contributed by atoms with van der Waals surface area (Å²) < 4.78 is 11.0. The van der Waals surface area contributed by atoms with Crippen LogP contribution in [0.2, 0.25) is 0 Å². The molecule has 1 aromatic carbocycles. The fourth-order valence-corrected chi connectivity index (χ4v) is 1.85. The number of primary amides is 1. The summed E-state index contributed by atoms with van der Waals surface area (Å²) in [4.78, 5) is 18.8. The summed E-state index contributed by atoms with van der Waals surface area (Å²) >= 11 is 0. The van der Waals surface area contributed by atoms with Crippen molar-refractivity contribution < 1.29 is 14.3 Å². The van der Waals surface area contributed by atoms with Crippen LogP contribution in [-0.4, -0.2) is 29.6 Å². The van der Waals surface area contributed by atoms with E-state index in [0.717, 1.165) is 17.3 Å². The van der Waals surface area contributed by atoms with Crippen LogP contribution in [0.3, 0.4) is 0 Å². The molecule has 20 heavy (non-hydrogen) atoms. The molecule has 1 aromatic heterocycles. The Morgan fingerprint density at radius 1 is 1.30 bits per heavy atom. The van der Waals surface area contributed by atoms with Crippen molar-refractivity contribution >= 4 is 16.8 Å². The number of fused-ring (bicyclic) bond motifs is 1. The van der Waals surface area contributed by atoms with E-state index in [1.807, 2.05) is 12.1 Å². The van der Waals surface area contributed by atoms with E-state index in [4.69, 9.17) is 15.2 Å². The predicted octanol–water partition coefficient (Wildman–Crippen LogP) is 1.67. The third-order valence-corrected chi connectivity index (χ3v) is 2.87. The van der Waals surface area contributed by atoms with Crippen LogP contribution in [0.25, 0.3) is 10.9 Å². The van der Waals surface area contributed by atoms with Crippen molar-refractivity contribution in [2.75, 3.05) is 13.7 Å². The molecule has 0 bridgehead atoms. The fourth-order valence-electron chi connectivity index (χ4n) is 1.85. The van der Waals surface area contributed by atoms with Crippen molar-refractivity contribution in [1.82, 2.24) is 9.97 Å². The second-order valence-corrected chi connectivity index (χ2v) is 4.36. The Kier molecular flexibility index (Phi) is 4.70. The number of unbranched alkanes of at least 4 members (excludes halogenated alkanes) is 1. The molecule has 2 rings (SSSR count). The highest BCUT2D eigenvalue weighted by Crippen LogP contribution is 2.31. The van der Waals surface area contributed by atoms with Gasteiger partial charge in [-0.05, 0) is 18.9 Å². The average Bonchev–Trinajstić information content (AvgIpc) is 2.45. The SMILES string of the molecule is COc1cc2cncnc2cc1OCCCCC(N)=O.